The first-order chi connectivity index (χ1) is 11.6. The number of carbonyl (C=O) groups is 1. The number of nitrogens with one attached hydrogen (secondary N) is 1. The molecule has 0 aliphatic carbocycles. The van der Waals surface area contributed by atoms with Crippen LogP contribution in [0.4, 0.5) is 5.69 Å². The van der Waals surface area contributed by atoms with Gasteiger partial charge >= 0.3 is 5.69 Å². The summed E-state index contributed by atoms with van der Waals surface area (Å²) >= 11 is 0. The first kappa shape index (κ1) is 18.2. The number of amides is 1. The van der Waals surface area contributed by atoms with Crippen LogP contribution in [-0.2, 0) is 0 Å². The molecule has 1 N–H and O–H groups in total. The first-order valence-corrected chi connectivity index (χ1v) is 8.45. The van der Waals surface area contributed by atoms with E-state index in [0.717, 1.165) is 26.1 Å². The van der Waals surface area contributed by atoms with E-state index in [4.69, 9.17) is 4.74 Å². The SMILES string of the molecule is COc1ccc(C(=O)NCCCN2CCCCCC2)cc1[N+](=O)[O-]. The van der Waals surface area contributed by atoms with Crippen LogP contribution in [0.5, 0.6) is 5.75 Å². The number of nitro benzene ring substituents is 1. The molecule has 0 aromatic heterocycles. The molecule has 1 aromatic carbocycles. The number of carbonyl (C=O) groups excluding carboxylic acids is 1. The molecule has 2 rings (SSSR count). The van der Waals surface area contributed by atoms with Gasteiger partial charge < -0.3 is 15.0 Å². The Bertz CT molecular complexity index is 569. The molecule has 1 heterocycles. The van der Waals surface area contributed by atoms with Crippen LogP contribution < -0.4 is 10.1 Å². The lowest BCUT2D eigenvalue weighted by molar-refractivity contribution is -0.385. The van der Waals surface area contributed by atoms with Crippen LogP contribution in [0.15, 0.2) is 18.2 Å². The molecule has 1 saturated heterocycles. The Morgan fingerprint density at radius 2 is 2.00 bits per heavy atom. The van der Waals surface area contributed by atoms with Gasteiger partial charge in [-0.15, -0.1) is 0 Å². The quantitative estimate of drug-likeness (QED) is 0.470. The topological polar surface area (TPSA) is 84.7 Å². The third-order valence-corrected chi connectivity index (χ3v) is 4.27. The van der Waals surface area contributed by atoms with Crippen molar-refractivity contribution in [3.8, 4) is 5.75 Å². The number of nitro groups is 1. The summed E-state index contributed by atoms with van der Waals surface area (Å²) in [6.07, 6.45) is 6.00. The van der Waals surface area contributed by atoms with Crippen LogP contribution in [0.25, 0.3) is 0 Å². The van der Waals surface area contributed by atoms with Gasteiger partial charge in [-0.25, -0.2) is 0 Å². The fraction of sp³-hybridized carbons (Fsp3) is 0.588. The van der Waals surface area contributed by atoms with E-state index in [0.29, 0.717) is 6.54 Å². The molecule has 1 aliphatic rings. The molecule has 0 unspecified atom stereocenters. The Balaban J connectivity index is 1.81. The van der Waals surface area contributed by atoms with Crippen molar-refractivity contribution in [2.75, 3.05) is 33.3 Å². The molecule has 1 aliphatic heterocycles. The highest BCUT2D eigenvalue weighted by molar-refractivity contribution is 5.95. The summed E-state index contributed by atoms with van der Waals surface area (Å²) in [7, 11) is 1.37. The van der Waals surface area contributed by atoms with Crippen LogP contribution in [0.2, 0.25) is 0 Å². The number of hydrogen-bond donors (Lipinski definition) is 1. The normalized spacial score (nSPS) is 15.5. The maximum Gasteiger partial charge on any atom is 0.311 e. The van der Waals surface area contributed by atoms with Crippen molar-refractivity contribution in [1.82, 2.24) is 10.2 Å². The van der Waals surface area contributed by atoms with Crippen molar-refractivity contribution < 1.29 is 14.5 Å². The molecule has 0 spiro atoms. The van der Waals surface area contributed by atoms with Gasteiger partial charge in [0.2, 0.25) is 0 Å². The fourth-order valence-corrected chi connectivity index (χ4v) is 2.94. The minimum Gasteiger partial charge on any atom is -0.490 e. The Labute approximate surface area is 142 Å². The Morgan fingerprint density at radius 1 is 1.29 bits per heavy atom. The molecule has 0 bridgehead atoms. The summed E-state index contributed by atoms with van der Waals surface area (Å²) < 4.78 is 4.94. The monoisotopic (exact) mass is 335 g/mol. The van der Waals surface area contributed by atoms with E-state index in [1.54, 1.807) is 0 Å². The first-order valence-electron chi connectivity index (χ1n) is 8.45. The van der Waals surface area contributed by atoms with Gasteiger partial charge in [-0.1, -0.05) is 12.8 Å². The molecule has 0 radical (unpaired) electrons. The third kappa shape index (κ3) is 5.19. The van der Waals surface area contributed by atoms with Crippen LogP contribution in [0.3, 0.4) is 0 Å². The van der Waals surface area contributed by atoms with Crippen molar-refractivity contribution in [2.24, 2.45) is 0 Å². The minimum absolute atomic E-state index is 0.151. The van der Waals surface area contributed by atoms with Gasteiger partial charge in [0.1, 0.15) is 0 Å². The van der Waals surface area contributed by atoms with E-state index in [2.05, 4.69) is 10.2 Å². The number of rotatable bonds is 7. The average molecular weight is 335 g/mol. The number of methoxy groups -OCH3 is 1. The minimum atomic E-state index is -0.547. The van der Waals surface area contributed by atoms with Gasteiger partial charge in [0, 0.05) is 18.2 Å². The van der Waals surface area contributed by atoms with E-state index in [9.17, 15) is 14.9 Å². The van der Waals surface area contributed by atoms with Crippen molar-refractivity contribution in [1.29, 1.82) is 0 Å². The zero-order chi connectivity index (χ0) is 17.4. The van der Waals surface area contributed by atoms with Crippen LogP contribution in [0.1, 0.15) is 42.5 Å². The number of hydrogen-bond acceptors (Lipinski definition) is 5. The molecule has 0 atom stereocenters. The number of nitrogens with zero attached hydrogens (tertiary/aromatic N) is 2. The largest absolute Gasteiger partial charge is 0.490 e. The lowest BCUT2D eigenvalue weighted by Crippen LogP contribution is -2.30. The van der Waals surface area contributed by atoms with E-state index < -0.39 is 4.92 Å². The predicted octanol–water partition coefficient (Wildman–Crippen LogP) is 2.60. The Morgan fingerprint density at radius 3 is 2.62 bits per heavy atom. The standard InChI is InChI=1S/C17H25N3O4/c1-24-16-8-7-14(13-15(16)20(22)23)17(21)18-9-6-12-19-10-4-2-3-5-11-19/h7-8,13H,2-6,9-12H2,1H3,(H,18,21). The number of benzene rings is 1. The molecular weight excluding hydrogens is 310 g/mol. The molecular formula is C17H25N3O4. The van der Waals surface area contributed by atoms with Gasteiger partial charge in [0.05, 0.1) is 12.0 Å². The Hall–Kier alpha value is -2.15. The summed E-state index contributed by atoms with van der Waals surface area (Å²) in [6.45, 7) is 3.81. The smallest absolute Gasteiger partial charge is 0.311 e. The molecule has 132 valence electrons. The van der Waals surface area contributed by atoms with Gasteiger partial charge in [-0.05, 0) is 51.0 Å². The average Bonchev–Trinajstić information content (AvgIpc) is 2.86. The second-order valence-electron chi connectivity index (χ2n) is 6.01. The van der Waals surface area contributed by atoms with Gasteiger partial charge in [0.25, 0.3) is 5.91 Å². The zero-order valence-electron chi connectivity index (χ0n) is 14.1. The number of ether oxygens (including phenoxy) is 1. The van der Waals surface area contributed by atoms with Crippen molar-refractivity contribution in [2.45, 2.75) is 32.1 Å². The van der Waals surface area contributed by atoms with Gasteiger partial charge in [-0.3, -0.25) is 14.9 Å². The summed E-state index contributed by atoms with van der Waals surface area (Å²) in [5, 5.41) is 13.8. The summed E-state index contributed by atoms with van der Waals surface area (Å²) in [4.78, 5) is 25.0. The predicted molar refractivity (Wildman–Crippen MR) is 91.5 cm³/mol. The highest BCUT2D eigenvalue weighted by atomic mass is 16.6. The fourth-order valence-electron chi connectivity index (χ4n) is 2.94. The second kappa shape index (κ2) is 9.22. The lowest BCUT2D eigenvalue weighted by atomic mass is 10.1. The van der Waals surface area contributed by atoms with E-state index in [1.165, 1.54) is 51.0 Å². The van der Waals surface area contributed by atoms with Crippen molar-refractivity contribution >= 4 is 11.6 Å². The van der Waals surface area contributed by atoms with E-state index >= 15 is 0 Å². The van der Waals surface area contributed by atoms with Crippen LogP contribution >= 0.6 is 0 Å². The molecule has 1 aromatic rings. The molecule has 1 amide bonds. The van der Waals surface area contributed by atoms with E-state index in [1.807, 2.05) is 0 Å². The van der Waals surface area contributed by atoms with Crippen LogP contribution in [0, 0.1) is 10.1 Å². The molecule has 24 heavy (non-hydrogen) atoms. The third-order valence-electron chi connectivity index (χ3n) is 4.27. The highest BCUT2D eigenvalue weighted by Crippen LogP contribution is 2.27. The highest BCUT2D eigenvalue weighted by Gasteiger charge is 2.18. The van der Waals surface area contributed by atoms with Gasteiger partial charge in [-0.2, -0.15) is 0 Å². The van der Waals surface area contributed by atoms with Crippen molar-refractivity contribution in [3.05, 3.63) is 33.9 Å². The molecule has 1 fully saturated rings. The maximum atomic E-state index is 12.1. The van der Waals surface area contributed by atoms with Gasteiger partial charge in [0.15, 0.2) is 5.75 Å². The van der Waals surface area contributed by atoms with E-state index in [-0.39, 0.29) is 22.9 Å². The maximum absolute atomic E-state index is 12.1. The Kier molecular flexibility index (Phi) is 6.99. The molecule has 7 nitrogen and oxygen atoms in total. The second-order valence-corrected chi connectivity index (χ2v) is 6.01. The van der Waals surface area contributed by atoms with Crippen LogP contribution in [-0.4, -0.2) is 49.0 Å². The molecule has 7 heteroatoms. The molecule has 0 saturated carbocycles. The summed E-state index contributed by atoms with van der Waals surface area (Å²) in [6, 6.07) is 4.24. The summed E-state index contributed by atoms with van der Waals surface area (Å²) in [5.41, 5.74) is 0.0759. The number of likely N-dealkylation sites (tertiary alicyclic amines) is 1. The summed E-state index contributed by atoms with van der Waals surface area (Å²) in [5.74, 6) is -0.144. The zero-order valence-corrected chi connectivity index (χ0v) is 14.1. The van der Waals surface area contributed by atoms with Crippen molar-refractivity contribution in [3.63, 3.8) is 0 Å². The lowest BCUT2D eigenvalue weighted by Gasteiger charge is -2.19.